The molecule has 0 spiro atoms. The second-order valence-electron chi connectivity index (χ2n) is 5.68. The number of hydrogen-bond donors (Lipinski definition) is 1. The van der Waals surface area contributed by atoms with E-state index in [1.165, 1.54) is 0 Å². The summed E-state index contributed by atoms with van der Waals surface area (Å²) in [4.78, 5) is 14.4. The van der Waals surface area contributed by atoms with Crippen molar-refractivity contribution in [2.75, 3.05) is 7.05 Å². The van der Waals surface area contributed by atoms with Crippen molar-refractivity contribution in [2.45, 2.75) is 50.7 Å². The molecule has 1 atom stereocenters. The van der Waals surface area contributed by atoms with Gasteiger partial charge in [-0.15, -0.1) is 0 Å². The molecule has 1 unspecified atom stereocenters. The summed E-state index contributed by atoms with van der Waals surface area (Å²) >= 11 is 3.41. The molecule has 20 heavy (non-hydrogen) atoms. The lowest BCUT2D eigenvalue weighted by Gasteiger charge is -2.34. The predicted octanol–water partition coefficient (Wildman–Crippen LogP) is 3.31. The number of rotatable bonds is 3. The summed E-state index contributed by atoms with van der Waals surface area (Å²) in [5, 5.41) is 9.55. The Balaban J connectivity index is 2.00. The van der Waals surface area contributed by atoms with Crippen LogP contribution in [0.15, 0.2) is 28.7 Å². The van der Waals surface area contributed by atoms with Crippen LogP contribution in [0.4, 0.5) is 0 Å². The lowest BCUT2D eigenvalue weighted by atomic mass is 9.91. The normalized spacial score (nSPS) is 24.2. The van der Waals surface area contributed by atoms with Gasteiger partial charge in [-0.1, -0.05) is 28.1 Å². The van der Waals surface area contributed by atoms with Gasteiger partial charge in [0.25, 0.3) is 0 Å². The summed E-state index contributed by atoms with van der Waals surface area (Å²) in [6.07, 6.45) is 3.22. The molecule has 0 aliphatic heterocycles. The molecule has 1 aliphatic carbocycles. The van der Waals surface area contributed by atoms with E-state index in [1.807, 2.05) is 43.1 Å². The molecular weight excluding hydrogens is 318 g/mol. The Morgan fingerprint density at radius 2 is 1.80 bits per heavy atom. The summed E-state index contributed by atoms with van der Waals surface area (Å²) in [5.74, 6) is 0.0358. The minimum atomic E-state index is -0.182. The van der Waals surface area contributed by atoms with Gasteiger partial charge in [-0.25, -0.2) is 0 Å². The SMILES string of the molecule is CC(C(=O)N(C)C1CCC(O)CC1)c1ccc(Br)cc1. The highest BCUT2D eigenvalue weighted by Crippen LogP contribution is 2.26. The molecular formula is C16H22BrNO2. The van der Waals surface area contributed by atoms with Gasteiger partial charge >= 0.3 is 0 Å². The molecule has 3 nitrogen and oxygen atoms in total. The highest BCUT2D eigenvalue weighted by atomic mass is 79.9. The lowest BCUT2D eigenvalue weighted by Crippen LogP contribution is -2.42. The topological polar surface area (TPSA) is 40.5 Å². The maximum atomic E-state index is 12.6. The van der Waals surface area contributed by atoms with Crippen LogP contribution in [-0.4, -0.2) is 35.1 Å². The predicted molar refractivity (Wildman–Crippen MR) is 83.6 cm³/mol. The highest BCUT2D eigenvalue weighted by Gasteiger charge is 2.28. The standard InChI is InChI=1S/C16H22BrNO2/c1-11(12-3-5-13(17)6-4-12)16(20)18(2)14-7-9-15(19)10-8-14/h3-6,11,14-15,19H,7-10H2,1-2H3. The molecule has 0 heterocycles. The monoisotopic (exact) mass is 339 g/mol. The van der Waals surface area contributed by atoms with Gasteiger partial charge in [0.1, 0.15) is 0 Å². The number of carbonyl (C=O) groups is 1. The molecule has 1 N–H and O–H groups in total. The van der Waals surface area contributed by atoms with Crippen LogP contribution < -0.4 is 0 Å². The quantitative estimate of drug-likeness (QED) is 0.917. The van der Waals surface area contributed by atoms with Crippen molar-refractivity contribution in [2.24, 2.45) is 0 Å². The van der Waals surface area contributed by atoms with Crippen LogP contribution in [-0.2, 0) is 4.79 Å². The highest BCUT2D eigenvalue weighted by molar-refractivity contribution is 9.10. The van der Waals surface area contributed by atoms with Crippen LogP contribution in [0.2, 0.25) is 0 Å². The van der Waals surface area contributed by atoms with Gasteiger partial charge in [0, 0.05) is 17.6 Å². The summed E-state index contributed by atoms with van der Waals surface area (Å²) in [7, 11) is 1.89. The third-order valence-corrected chi connectivity index (χ3v) is 4.83. The van der Waals surface area contributed by atoms with Gasteiger partial charge in [-0.2, -0.15) is 0 Å². The number of aliphatic hydroxyl groups excluding tert-OH is 1. The van der Waals surface area contributed by atoms with E-state index in [0.717, 1.165) is 35.7 Å². The first-order chi connectivity index (χ1) is 9.49. The first-order valence-corrected chi connectivity index (χ1v) is 7.98. The van der Waals surface area contributed by atoms with E-state index in [-0.39, 0.29) is 24.0 Å². The number of nitrogens with zero attached hydrogens (tertiary/aromatic N) is 1. The summed E-state index contributed by atoms with van der Waals surface area (Å²) in [6, 6.07) is 8.19. The molecule has 0 saturated heterocycles. The Hall–Kier alpha value is -0.870. The van der Waals surface area contributed by atoms with E-state index in [1.54, 1.807) is 0 Å². The van der Waals surface area contributed by atoms with E-state index >= 15 is 0 Å². The number of amides is 1. The zero-order valence-electron chi connectivity index (χ0n) is 12.1. The smallest absolute Gasteiger partial charge is 0.229 e. The van der Waals surface area contributed by atoms with Gasteiger partial charge in [0.05, 0.1) is 12.0 Å². The molecule has 0 radical (unpaired) electrons. The Morgan fingerprint density at radius 3 is 2.35 bits per heavy atom. The van der Waals surface area contributed by atoms with Crippen LogP contribution >= 0.6 is 15.9 Å². The number of benzene rings is 1. The summed E-state index contributed by atoms with van der Waals surface area (Å²) in [5.41, 5.74) is 1.04. The second kappa shape index (κ2) is 6.72. The first-order valence-electron chi connectivity index (χ1n) is 7.19. The fourth-order valence-electron chi connectivity index (χ4n) is 2.82. The molecule has 2 rings (SSSR count). The van der Waals surface area contributed by atoms with Crippen molar-refractivity contribution in [1.82, 2.24) is 4.90 Å². The fourth-order valence-corrected chi connectivity index (χ4v) is 3.09. The van der Waals surface area contributed by atoms with E-state index in [4.69, 9.17) is 0 Å². The number of halogens is 1. The maximum Gasteiger partial charge on any atom is 0.229 e. The van der Waals surface area contributed by atoms with Crippen molar-refractivity contribution < 1.29 is 9.90 Å². The number of likely N-dealkylation sites (N-methyl/N-ethyl adjacent to an activating group) is 1. The molecule has 1 aliphatic rings. The second-order valence-corrected chi connectivity index (χ2v) is 6.60. The van der Waals surface area contributed by atoms with Crippen LogP contribution in [0.3, 0.4) is 0 Å². The van der Waals surface area contributed by atoms with E-state index in [9.17, 15) is 9.90 Å². The van der Waals surface area contributed by atoms with Crippen molar-refractivity contribution in [1.29, 1.82) is 0 Å². The Bertz CT molecular complexity index is 452. The van der Waals surface area contributed by atoms with Gasteiger partial charge in [-0.05, 0) is 50.3 Å². The fraction of sp³-hybridized carbons (Fsp3) is 0.562. The van der Waals surface area contributed by atoms with Crippen LogP contribution in [0.5, 0.6) is 0 Å². The van der Waals surface area contributed by atoms with Crippen molar-refractivity contribution >= 4 is 21.8 Å². The average molecular weight is 340 g/mol. The molecule has 1 aromatic rings. The summed E-state index contributed by atoms with van der Waals surface area (Å²) < 4.78 is 1.02. The van der Waals surface area contributed by atoms with E-state index in [2.05, 4.69) is 15.9 Å². The zero-order chi connectivity index (χ0) is 14.7. The van der Waals surface area contributed by atoms with E-state index < -0.39 is 0 Å². The average Bonchev–Trinajstić information content (AvgIpc) is 2.46. The third kappa shape index (κ3) is 3.61. The van der Waals surface area contributed by atoms with Crippen molar-refractivity contribution in [3.8, 4) is 0 Å². The van der Waals surface area contributed by atoms with Gasteiger partial charge in [0.2, 0.25) is 5.91 Å². The van der Waals surface area contributed by atoms with Gasteiger partial charge in [-0.3, -0.25) is 4.79 Å². The molecule has 0 aromatic heterocycles. The Morgan fingerprint density at radius 1 is 1.25 bits per heavy atom. The first kappa shape index (κ1) is 15.5. The zero-order valence-corrected chi connectivity index (χ0v) is 13.6. The molecule has 110 valence electrons. The Labute approximate surface area is 129 Å². The minimum absolute atomic E-state index is 0.125. The number of aliphatic hydroxyl groups is 1. The largest absolute Gasteiger partial charge is 0.393 e. The van der Waals surface area contributed by atoms with Crippen LogP contribution in [0, 0.1) is 0 Å². The molecule has 1 amide bonds. The molecule has 1 fully saturated rings. The Kier molecular flexibility index (Phi) is 5.22. The third-order valence-electron chi connectivity index (χ3n) is 4.30. The maximum absolute atomic E-state index is 12.6. The van der Waals surface area contributed by atoms with Crippen LogP contribution in [0.1, 0.15) is 44.1 Å². The number of hydrogen-bond acceptors (Lipinski definition) is 2. The van der Waals surface area contributed by atoms with Crippen molar-refractivity contribution in [3.05, 3.63) is 34.3 Å². The molecule has 0 bridgehead atoms. The molecule has 1 saturated carbocycles. The molecule has 4 heteroatoms. The van der Waals surface area contributed by atoms with Crippen molar-refractivity contribution in [3.63, 3.8) is 0 Å². The number of carbonyl (C=O) groups excluding carboxylic acids is 1. The van der Waals surface area contributed by atoms with Crippen LogP contribution in [0.25, 0.3) is 0 Å². The van der Waals surface area contributed by atoms with Gasteiger partial charge in [0.15, 0.2) is 0 Å². The van der Waals surface area contributed by atoms with Gasteiger partial charge < -0.3 is 10.0 Å². The molecule has 1 aromatic carbocycles. The minimum Gasteiger partial charge on any atom is -0.393 e. The summed E-state index contributed by atoms with van der Waals surface area (Å²) in [6.45, 7) is 1.96. The lowest BCUT2D eigenvalue weighted by molar-refractivity contribution is -0.134. The van der Waals surface area contributed by atoms with E-state index in [0.29, 0.717) is 0 Å².